The Kier molecular flexibility index (Phi) is 6.90. The largest absolute Gasteiger partial charge is 0.487 e. The van der Waals surface area contributed by atoms with Gasteiger partial charge in [-0.1, -0.05) is 29.8 Å². The zero-order chi connectivity index (χ0) is 20.8. The molecular formula is C22H22ClNO5. The first-order chi connectivity index (χ1) is 14.0. The number of halogens is 1. The van der Waals surface area contributed by atoms with E-state index in [0.29, 0.717) is 35.4 Å². The predicted molar refractivity (Wildman–Crippen MR) is 109 cm³/mol. The van der Waals surface area contributed by atoms with Gasteiger partial charge in [0.2, 0.25) is 5.89 Å². The molecule has 0 saturated carbocycles. The van der Waals surface area contributed by atoms with Crippen molar-refractivity contribution in [1.29, 1.82) is 0 Å². The van der Waals surface area contributed by atoms with Crippen LogP contribution in [0.5, 0.6) is 5.75 Å². The summed E-state index contributed by atoms with van der Waals surface area (Å²) in [4.78, 5) is 15.7. The van der Waals surface area contributed by atoms with Gasteiger partial charge in [-0.15, -0.1) is 0 Å². The standard InChI is InChI=1S/C22H22ClNO5/c1-3-27-20(22(25)26)11-15-8-9-17(10-14(15)2)28-12-16-13-29-21(24-16)18-6-4-5-7-19(18)23/h4-10,13,20H,3,11-12H2,1-2H3,(H,25,26). The van der Waals surface area contributed by atoms with Crippen LogP contribution in [0.15, 0.2) is 53.1 Å². The molecule has 1 heterocycles. The number of benzene rings is 2. The SMILES string of the molecule is CCOC(Cc1ccc(OCc2coc(-c3ccccc3Cl)n2)cc1C)C(=O)O. The molecule has 1 unspecified atom stereocenters. The van der Waals surface area contributed by atoms with Crippen LogP contribution >= 0.6 is 11.6 Å². The Bertz CT molecular complexity index is 985. The molecule has 1 aromatic heterocycles. The summed E-state index contributed by atoms with van der Waals surface area (Å²) in [7, 11) is 0. The molecule has 7 heteroatoms. The number of carboxylic acid groups (broad SMARTS) is 1. The summed E-state index contributed by atoms with van der Waals surface area (Å²) in [5.74, 6) is 0.139. The van der Waals surface area contributed by atoms with Gasteiger partial charge in [0.25, 0.3) is 0 Å². The molecule has 0 aliphatic heterocycles. The maximum Gasteiger partial charge on any atom is 0.333 e. The number of aryl methyl sites for hydroxylation is 1. The third kappa shape index (κ3) is 5.37. The van der Waals surface area contributed by atoms with E-state index in [9.17, 15) is 9.90 Å². The molecular weight excluding hydrogens is 394 g/mol. The first kappa shape index (κ1) is 20.9. The summed E-state index contributed by atoms with van der Waals surface area (Å²) in [6.45, 7) is 4.29. The van der Waals surface area contributed by atoms with Crippen molar-refractivity contribution in [2.24, 2.45) is 0 Å². The smallest absolute Gasteiger partial charge is 0.333 e. The predicted octanol–water partition coefficient (Wildman–Crippen LogP) is 4.91. The van der Waals surface area contributed by atoms with Gasteiger partial charge in [-0.2, -0.15) is 0 Å². The molecule has 0 amide bonds. The number of hydrogen-bond acceptors (Lipinski definition) is 5. The fourth-order valence-electron chi connectivity index (χ4n) is 2.89. The van der Waals surface area contributed by atoms with Crippen LogP contribution in [0, 0.1) is 6.92 Å². The van der Waals surface area contributed by atoms with E-state index in [0.717, 1.165) is 16.7 Å². The molecule has 1 N–H and O–H groups in total. The van der Waals surface area contributed by atoms with Gasteiger partial charge in [-0.25, -0.2) is 9.78 Å². The Morgan fingerprint density at radius 1 is 1.28 bits per heavy atom. The summed E-state index contributed by atoms with van der Waals surface area (Å²) >= 11 is 6.17. The normalized spacial score (nSPS) is 12.0. The quantitative estimate of drug-likeness (QED) is 0.534. The van der Waals surface area contributed by atoms with E-state index in [4.69, 9.17) is 25.5 Å². The Hall–Kier alpha value is -2.83. The van der Waals surface area contributed by atoms with Crippen molar-refractivity contribution in [2.75, 3.05) is 6.61 Å². The van der Waals surface area contributed by atoms with Crippen LogP contribution in [0.2, 0.25) is 5.02 Å². The molecule has 0 spiro atoms. The van der Waals surface area contributed by atoms with E-state index in [1.807, 2.05) is 43.3 Å². The van der Waals surface area contributed by atoms with Crippen LogP contribution < -0.4 is 4.74 Å². The lowest BCUT2D eigenvalue weighted by Gasteiger charge is -2.15. The highest BCUT2D eigenvalue weighted by Crippen LogP contribution is 2.27. The van der Waals surface area contributed by atoms with Crippen molar-refractivity contribution < 1.29 is 23.8 Å². The lowest BCUT2D eigenvalue weighted by atomic mass is 10.0. The van der Waals surface area contributed by atoms with E-state index in [1.54, 1.807) is 19.3 Å². The van der Waals surface area contributed by atoms with Gasteiger partial charge < -0.3 is 19.0 Å². The number of carbonyl (C=O) groups is 1. The molecule has 29 heavy (non-hydrogen) atoms. The fourth-order valence-corrected chi connectivity index (χ4v) is 3.11. The zero-order valence-corrected chi connectivity index (χ0v) is 17.0. The van der Waals surface area contributed by atoms with E-state index in [2.05, 4.69) is 4.98 Å². The van der Waals surface area contributed by atoms with Gasteiger partial charge in [0.15, 0.2) is 6.10 Å². The van der Waals surface area contributed by atoms with Crippen LogP contribution in [-0.2, 0) is 22.6 Å². The van der Waals surface area contributed by atoms with Gasteiger partial charge >= 0.3 is 5.97 Å². The molecule has 1 atom stereocenters. The minimum absolute atomic E-state index is 0.240. The molecule has 3 aromatic rings. The summed E-state index contributed by atoms with van der Waals surface area (Å²) in [6, 6.07) is 12.9. The van der Waals surface area contributed by atoms with Gasteiger partial charge in [0, 0.05) is 13.0 Å². The molecule has 0 fully saturated rings. The maximum atomic E-state index is 11.3. The number of nitrogens with zero attached hydrogens (tertiary/aromatic N) is 1. The lowest BCUT2D eigenvalue weighted by molar-refractivity contribution is -0.149. The summed E-state index contributed by atoms with van der Waals surface area (Å²) in [5.41, 5.74) is 3.21. The molecule has 2 aromatic carbocycles. The van der Waals surface area contributed by atoms with Gasteiger partial charge in [0.1, 0.15) is 24.3 Å². The van der Waals surface area contributed by atoms with Crippen molar-refractivity contribution in [3.05, 3.63) is 70.6 Å². The van der Waals surface area contributed by atoms with Crippen LogP contribution in [0.1, 0.15) is 23.7 Å². The van der Waals surface area contributed by atoms with Crippen LogP contribution in [0.4, 0.5) is 0 Å². The van der Waals surface area contributed by atoms with E-state index in [1.165, 1.54) is 0 Å². The number of oxazole rings is 1. The lowest BCUT2D eigenvalue weighted by Crippen LogP contribution is -2.26. The van der Waals surface area contributed by atoms with Crippen LogP contribution in [-0.4, -0.2) is 28.8 Å². The summed E-state index contributed by atoms with van der Waals surface area (Å²) in [6.07, 6.45) is 0.989. The van der Waals surface area contributed by atoms with Gasteiger partial charge in [-0.3, -0.25) is 0 Å². The Morgan fingerprint density at radius 3 is 2.76 bits per heavy atom. The van der Waals surface area contributed by atoms with E-state index in [-0.39, 0.29) is 6.61 Å². The van der Waals surface area contributed by atoms with Crippen molar-refractivity contribution in [1.82, 2.24) is 4.98 Å². The molecule has 0 aliphatic rings. The Morgan fingerprint density at radius 2 is 2.07 bits per heavy atom. The monoisotopic (exact) mass is 415 g/mol. The fraction of sp³-hybridized carbons (Fsp3) is 0.273. The molecule has 0 radical (unpaired) electrons. The number of carboxylic acids is 1. The number of ether oxygens (including phenoxy) is 2. The number of rotatable bonds is 9. The van der Waals surface area contributed by atoms with Gasteiger partial charge in [0.05, 0.1) is 10.6 Å². The zero-order valence-electron chi connectivity index (χ0n) is 16.2. The van der Waals surface area contributed by atoms with Crippen molar-refractivity contribution in [3.63, 3.8) is 0 Å². The molecule has 6 nitrogen and oxygen atoms in total. The molecule has 0 aliphatic carbocycles. The second kappa shape index (κ2) is 9.58. The number of aromatic nitrogens is 1. The second-order valence-corrected chi connectivity index (χ2v) is 6.89. The van der Waals surface area contributed by atoms with Crippen molar-refractivity contribution in [2.45, 2.75) is 33.0 Å². The highest BCUT2D eigenvalue weighted by Gasteiger charge is 2.19. The van der Waals surface area contributed by atoms with E-state index < -0.39 is 12.1 Å². The molecule has 152 valence electrons. The van der Waals surface area contributed by atoms with Crippen molar-refractivity contribution in [3.8, 4) is 17.2 Å². The number of aliphatic carboxylic acids is 1. The van der Waals surface area contributed by atoms with Crippen LogP contribution in [0.25, 0.3) is 11.5 Å². The topological polar surface area (TPSA) is 81.8 Å². The molecule has 3 rings (SSSR count). The van der Waals surface area contributed by atoms with Gasteiger partial charge in [-0.05, 0) is 49.2 Å². The third-order valence-corrected chi connectivity index (χ3v) is 4.73. The van der Waals surface area contributed by atoms with Crippen LogP contribution in [0.3, 0.4) is 0 Å². The van der Waals surface area contributed by atoms with Crippen molar-refractivity contribution >= 4 is 17.6 Å². The highest BCUT2D eigenvalue weighted by molar-refractivity contribution is 6.33. The number of hydrogen-bond donors (Lipinski definition) is 1. The molecule has 0 bridgehead atoms. The average Bonchev–Trinajstić information content (AvgIpc) is 3.16. The summed E-state index contributed by atoms with van der Waals surface area (Å²) in [5, 5.41) is 9.82. The van der Waals surface area contributed by atoms with E-state index >= 15 is 0 Å². The minimum Gasteiger partial charge on any atom is -0.487 e. The molecule has 0 saturated heterocycles. The maximum absolute atomic E-state index is 11.3. The average molecular weight is 416 g/mol. The Balaban J connectivity index is 1.64. The second-order valence-electron chi connectivity index (χ2n) is 6.49. The first-order valence-electron chi connectivity index (χ1n) is 9.24. The third-order valence-electron chi connectivity index (χ3n) is 4.41. The highest BCUT2D eigenvalue weighted by atomic mass is 35.5. The Labute approximate surface area is 174 Å². The minimum atomic E-state index is -0.966. The first-order valence-corrected chi connectivity index (χ1v) is 9.61. The summed E-state index contributed by atoms with van der Waals surface area (Å²) < 4.78 is 16.6.